The second-order valence-corrected chi connectivity index (χ2v) is 4.92. The van der Waals surface area contributed by atoms with Crippen molar-refractivity contribution in [3.8, 4) is 0 Å². The number of aromatic nitrogens is 3. The highest BCUT2D eigenvalue weighted by atomic mass is 127. The molecule has 0 atom stereocenters. The van der Waals surface area contributed by atoms with Crippen LogP contribution in [0.5, 0.6) is 0 Å². The van der Waals surface area contributed by atoms with Crippen LogP contribution in [0.15, 0.2) is 29.5 Å². The fraction of sp³-hybridized carbons (Fsp3) is 0.250. The zero-order chi connectivity index (χ0) is 13.1. The van der Waals surface area contributed by atoms with Crippen molar-refractivity contribution in [2.45, 2.75) is 13.5 Å². The van der Waals surface area contributed by atoms with E-state index in [-0.39, 0.29) is 5.56 Å². The van der Waals surface area contributed by atoms with Gasteiger partial charge in [0.05, 0.1) is 22.1 Å². The molecule has 2 heterocycles. The van der Waals surface area contributed by atoms with Crippen molar-refractivity contribution in [1.29, 1.82) is 0 Å². The van der Waals surface area contributed by atoms with Crippen LogP contribution >= 0.6 is 22.6 Å². The van der Waals surface area contributed by atoms with Gasteiger partial charge >= 0.3 is 0 Å². The van der Waals surface area contributed by atoms with Crippen molar-refractivity contribution >= 4 is 28.4 Å². The molecular weight excluding hydrogens is 343 g/mol. The molecule has 94 valence electrons. The first kappa shape index (κ1) is 13.0. The number of rotatable bonds is 3. The molecule has 0 radical (unpaired) electrons. The van der Waals surface area contributed by atoms with E-state index in [1.807, 2.05) is 48.7 Å². The van der Waals surface area contributed by atoms with Gasteiger partial charge in [-0.2, -0.15) is 0 Å². The second-order valence-electron chi connectivity index (χ2n) is 3.84. The van der Waals surface area contributed by atoms with Crippen LogP contribution in [0.2, 0.25) is 0 Å². The number of aryl methyl sites for hydroxylation is 1. The highest BCUT2D eigenvalue weighted by Crippen LogP contribution is 2.11. The van der Waals surface area contributed by atoms with Gasteiger partial charge in [0.25, 0.3) is 5.56 Å². The van der Waals surface area contributed by atoms with Gasteiger partial charge in [0.1, 0.15) is 5.82 Å². The van der Waals surface area contributed by atoms with Crippen molar-refractivity contribution in [3.63, 3.8) is 0 Å². The van der Waals surface area contributed by atoms with Gasteiger partial charge in [-0.1, -0.05) is 6.07 Å². The summed E-state index contributed by atoms with van der Waals surface area (Å²) in [6.07, 6.45) is 3.29. The number of hydrogen-bond donors (Lipinski definition) is 1. The Kier molecular flexibility index (Phi) is 3.95. The van der Waals surface area contributed by atoms with E-state index in [0.717, 1.165) is 17.1 Å². The number of halogens is 1. The standard InChI is InChI=1S/C12H13IN4O/c1-8-10(13)12(18)17(7-16-8)6-9-4-3-5-15-11(9)14-2/h3-5,7H,6H2,1-2H3,(H,14,15). The van der Waals surface area contributed by atoms with E-state index in [1.54, 1.807) is 17.1 Å². The van der Waals surface area contributed by atoms with E-state index >= 15 is 0 Å². The molecule has 0 saturated carbocycles. The minimum Gasteiger partial charge on any atom is -0.373 e. The van der Waals surface area contributed by atoms with Crippen LogP contribution in [-0.4, -0.2) is 21.6 Å². The van der Waals surface area contributed by atoms with Crippen molar-refractivity contribution in [3.05, 3.63) is 49.8 Å². The van der Waals surface area contributed by atoms with Gasteiger partial charge in [-0.05, 0) is 35.6 Å². The summed E-state index contributed by atoms with van der Waals surface area (Å²) in [5.41, 5.74) is 1.70. The average Bonchev–Trinajstić information content (AvgIpc) is 2.40. The Morgan fingerprint density at radius 2 is 2.22 bits per heavy atom. The van der Waals surface area contributed by atoms with Gasteiger partial charge in [-0.25, -0.2) is 9.97 Å². The van der Waals surface area contributed by atoms with Crippen LogP contribution in [0.1, 0.15) is 11.3 Å². The lowest BCUT2D eigenvalue weighted by molar-refractivity contribution is 0.722. The Morgan fingerprint density at radius 3 is 2.94 bits per heavy atom. The number of nitrogens with zero attached hydrogens (tertiary/aromatic N) is 3. The molecule has 0 bridgehead atoms. The molecule has 2 aromatic rings. The molecule has 6 heteroatoms. The highest BCUT2D eigenvalue weighted by molar-refractivity contribution is 14.1. The largest absolute Gasteiger partial charge is 0.373 e. The third kappa shape index (κ3) is 2.53. The van der Waals surface area contributed by atoms with Crippen LogP contribution in [0.25, 0.3) is 0 Å². The molecule has 5 nitrogen and oxygen atoms in total. The normalized spacial score (nSPS) is 10.4. The monoisotopic (exact) mass is 356 g/mol. The van der Waals surface area contributed by atoms with Crippen molar-refractivity contribution in [1.82, 2.24) is 14.5 Å². The molecule has 0 saturated heterocycles. The third-order valence-electron chi connectivity index (χ3n) is 2.63. The van der Waals surface area contributed by atoms with Gasteiger partial charge in [-0.3, -0.25) is 9.36 Å². The first-order valence-electron chi connectivity index (χ1n) is 5.46. The van der Waals surface area contributed by atoms with E-state index in [0.29, 0.717) is 10.1 Å². The fourth-order valence-electron chi connectivity index (χ4n) is 1.63. The summed E-state index contributed by atoms with van der Waals surface area (Å²) < 4.78 is 2.25. The smallest absolute Gasteiger partial charge is 0.267 e. The van der Waals surface area contributed by atoms with Crippen LogP contribution in [0, 0.1) is 10.5 Å². The molecule has 0 aliphatic rings. The molecule has 0 amide bonds. The Morgan fingerprint density at radius 1 is 1.44 bits per heavy atom. The minimum absolute atomic E-state index is 0.0194. The summed E-state index contributed by atoms with van der Waals surface area (Å²) in [6, 6.07) is 3.80. The molecule has 0 aliphatic carbocycles. The summed E-state index contributed by atoms with van der Waals surface area (Å²) in [5, 5.41) is 3.01. The first-order chi connectivity index (χ1) is 8.63. The van der Waals surface area contributed by atoms with E-state index in [4.69, 9.17) is 0 Å². The Hall–Kier alpha value is -1.44. The van der Waals surface area contributed by atoms with Crippen molar-refractivity contribution in [2.75, 3.05) is 12.4 Å². The van der Waals surface area contributed by atoms with E-state index < -0.39 is 0 Å². The predicted octanol–water partition coefficient (Wildman–Crippen LogP) is 1.64. The molecule has 2 aromatic heterocycles. The average molecular weight is 356 g/mol. The van der Waals surface area contributed by atoms with Crippen LogP contribution in [0.3, 0.4) is 0 Å². The molecular formula is C12H13IN4O. The van der Waals surface area contributed by atoms with Gasteiger partial charge < -0.3 is 5.32 Å². The lowest BCUT2D eigenvalue weighted by Gasteiger charge is -2.10. The minimum atomic E-state index is -0.0194. The number of anilines is 1. The molecule has 0 spiro atoms. The summed E-state index contributed by atoms with van der Waals surface area (Å²) in [4.78, 5) is 20.5. The van der Waals surface area contributed by atoms with E-state index in [1.165, 1.54) is 0 Å². The van der Waals surface area contributed by atoms with Crippen LogP contribution < -0.4 is 10.9 Å². The van der Waals surface area contributed by atoms with Gasteiger partial charge in [0.15, 0.2) is 0 Å². The van der Waals surface area contributed by atoms with Crippen molar-refractivity contribution < 1.29 is 0 Å². The lowest BCUT2D eigenvalue weighted by atomic mass is 10.2. The van der Waals surface area contributed by atoms with E-state index in [9.17, 15) is 4.79 Å². The maximum Gasteiger partial charge on any atom is 0.267 e. The number of hydrogen-bond acceptors (Lipinski definition) is 4. The predicted molar refractivity (Wildman–Crippen MR) is 78.8 cm³/mol. The van der Waals surface area contributed by atoms with Gasteiger partial charge in [-0.15, -0.1) is 0 Å². The van der Waals surface area contributed by atoms with E-state index in [2.05, 4.69) is 15.3 Å². The molecule has 0 aromatic carbocycles. The van der Waals surface area contributed by atoms with Crippen LogP contribution in [0.4, 0.5) is 5.82 Å². The fourth-order valence-corrected chi connectivity index (χ4v) is 2.08. The SMILES string of the molecule is CNc1ncccc1Cn1cnc(C)c(I)c1=O. The summed E-state index contributed by atoms with van der Waals surface area (Å²) in [5.74, 6) is 0.778. The Bertz CT molecular complexity index is 624. The van der Waals surface area contributed by atoms with Gasteiger partial charge in [0.2, 0.25) is 0 Å². The molecule has 1 N–H and O–H groups in total. The first-order valence-corrected chi connectivity index (χ1v) is 6.54. The Balaban J connectivity index is 2.41. The maximum atomic E-state index is 12.1. The summed E-state index contributed by atoms with van der Waals surface area (Å²) >= 11 is 2.03. The zero-order valence-electron chi connectivity index (χ0n) is 10.1. The Labute approximate surface area is 118 Å². The highest BCUT2D eigenvalue weighted by Gasteiger charge is 2.08. The quantitative estimate of drug-likeness (QED) is 0.850. The molecule has 0 aliphatic heterocycles. The number of pyridine rings is 1. The topological polar surface area (TPSA) is 59.8 Å². The zero-order valence-corrected chi connectivity index (χ0v) is 12.3. The molecule has 2 rings (SSSR count). The molecule has 0 unspecified atom stereocenters. The molecule has 0 fully saturated rings. The molecule has 18 heavy (non-hydrogen) atoms. The van der Waals surface area contributed by atoms with Crippen LogP contribution in [-0.2, 0) is 6.54 Å². The summed E-state index contributed by atoms with van der Waals surface area (Å²) in [7, 11) is 1.81. The third-order valence-corrected chi connectivity index (χ3v) is 3.87. The maximum absolute atomic E-state index is 12.1. The lowest BCUT2D eigenvalue weighted by Crippen LogP contribution is -2.25. The second kappa shape index (κ2) is 5.47. The van der Waals surface area contributed by atoms with Gasteiger partial charge in [0, 0.05) is 18.8 Å². The summed E-state index contributed by atoms with van der Waals surface area (Å²) in [6.45, 7) is 2.29. The number of nitrogens with one attached hydrogen (secondary N) is 1. The van der Waals surface area contributed by atoms with Crippen molar-refractivity contribution in [2.24, 2.45) is 0 Å².